The van der Waals surface area contributed by atoms with Gasteiger partial charge in [-0.05, 0) is 32.1 Å². The van der Waals surface area contributed by atoms with Crippen molar-refractivity contribution in [2.75, 3.05) is 26.9 Å². The first-order valence-corrected chi connectivity index (χ1v) is 5.91. The fourth-order valence-corrected chi connectivity index (χ4v) is 1.82. The molecule has 2 atom stereocenters. The van der Waals surface area contributed by atoms with Crippen LogP contribution < -0.4 is 5.32 Å². The van der Waals surface area contributed by atoms with Crippen molar-refractivity contribution in [1.29, 1.82) is 0 Å². The van der Waals surface area contributed by atoms with Crippen LogP contribution in [-0.2, 0) is 9.47 Å². The molecule has 0 spiro atoms. The van der Waals surface area contributed by atoms with Gasteiger partial charge in [0.05, 0.1) is 6.10 Å². The molecular weight excluding hydrogens is 190 g/mol. The minimum absolute atomic E-state index is 0.272. The molecule has 0 amide bonds. The number of nitrogens with one attached hydrogen (secondary N) is 1. The first-order valence-electron chi connectivity index (χ1n) is 5.91. The van der Waals surface area contributed by atoms with Gasteiger partial charge in [-0.3, -0.25) is 0 Å². The van der Waals surface area contributed by atoms with E-state index in [0.717, 1.165) is 32.6 Å². The van der Waals surface area contributed by atoms with Crippen LogP contribution in [-0.4, -0.2) is 39.0 Å². The summed E-state index contributed by atoms with van der Waals surface area (Å²) in [5.74, 6) is 0. The van der Waals surface area contributed by atoms with Crippen LogP contribution in [0, 0.1) is 5.41 Å². The third-order valence-corrected chi connectivity index (χ3v) is 3.63. The molecule has 1 aliphatic heterocycles. The summed E-state index contributed by atoms with van der Waals surface area (Å²) in [6, 6.07) is 0.412. The number of rotatable bonds is 5. The lowest BCUT2D eigenvalue weighted by atomic mass is 9.82. The standard InChI is InChI=1S/C12H25NO2/c1-10(11(2)14-4)13-9-12(3)5-7-15-8-6-12/h10-11,13H,5-9H2,1-4H3. The molecule has 0 aromatic carbocycles. The highest BCUT2D eigenvalue weighted by molar-refractivity contribution is 4.81. The van der Waals surface area contributed by atoms with Crippen molar-refractivity contribution in [3.8, 4) is 0 Å². The Morgan fingerprint density at radius 1 is 1.33 bits per heavy atom. The van der Waals surface area contributed by atoms with Gasteiger partial charge in [0, 0.05) is 32.9 Å². The normalized spacial score (nSPS) is 24.8. The predicted molar refractivity (Wildman–Crippen MR) is 62.1 cm³/mol. The molecule has 1 saturated heterocycles. The van der Waals surface area contributed by atoms with E-state index in [1.807, 2.05) is 0 Å². The Labute approximate surface area is 93.5 Å². The van der Waals surface area contributed by atoms with Crippen LogP contribution in [0.2, 0.25) is 0 Å². The summed E-state index contributed by atoms with van der Waals surface area (Å²) in [6.07, 6.45) is 2.59. The molecule has 3 heteroatoms. The smallest absolute Gasteiger partial charge is 0.0693 e. The van der Waals surface area contributed by atoms with Crippen LogP contribution >= 0.6 is 0 Å². The first-order chi connectivity index (χ1) is 7.07. The minimum atomic E-state index is 0.272. The van der Waals surface area contributed by atoms with Gasteiger partial charge >= 0.3 is 0 Å². The molecule has 0 aliphatic carbocycles. The highest BCUT2D eigenvalue weighted by Crippen LogP contribution is 2.28. The lowest BCUT2D eigenvalue weighted by Crippen LogP contribution is -2.44. The zero-order valence-electron chi connectivity index (χ0n) is 10.5. The second-order valence-corrected chi connectivity index (χ2v) is 5.03. The third-order valence-electron chi connectivity index (χ3n) is 3.63. The molecule has 1 aliphatic rings. The van der Waals surface area contributed by atoms with Crippen molar-refractivity contribution in [2.45, 2.75) is 45.8 Å². The molecular formula is C12H25NO2. The Hall–Kier alpha value is -0.120. The average molecular weight is 215 g/mol. The third kappa shape index (κ3) is 4.09. The molecule has 15 heavy (non-hydrogen) atoms. The minimum Gasteiger partial charge on any atom is -0.381 e. The van der Waals surface area contributed by atoms with Crippen LogP contribution in [0.15, 0.2) is 0 Å². The molecule has 1 fully saturated rings. The van der Waals surface area contributed by atoms with E-state index in [1.54, 1.807) is 7.11 Å². The van der Waals surface area contributed by atoms with Crippen molar-refractivity contribution < 1.29 is 9.47 Å². The number of hydrogen-bond acceptors (Lipinski definition) is 3. The molecule has 1 rings (SSSR count). The van der Waals surface area contributed by atoms with E-state index in [2.05, 4.69) is 26.1 Å². The van der Waals surface area contributed by atoms with E-state index >= 15 is 0 Å². The number of ether oxygens (including phenoxy) is 2. The van der Waals surface area contributed by atoms with Gasteiger partial charge in [-0.1, -0.05) is 6.92 Å². The molecule has 1 heterocycles. The maximum Gasteiger partial charge on any atom is 0.0693 e. The fourth-order valence-electron chi connectivity index (χ4n) is 1.82. The van der Waals surface area contributed by atoms with Crippen molar-refractivity contribution >= 4 is 0 Å². The lowest BCUT2D eigenvalue weighted by molar-refractivity contribution is 0.0183. The van der Waals surface area contributed by atoms with Crippen LogP contribution in [0.5, 0.6) is 0 Å². The van der Waals surface area contributed by atoms with Crippen molar-refractivity contribution in [2.24, 2.45) is 5.41 Å². The van der Waals surface area contributed by atoms with Gasteiger partial charge in [-0.15, -0.1) is 0 Å². The average Bonchev–Trinajstić information content (AvgIpc) is 2.26. The Bertz CT molecular complexity index is 178. The molecule has 0 bridgehead atoms. The zero-order chi connectivity index (χ0) is 11.3. The summed E-state index contributed by atoms with van der Waals surface area (Å²) in [6.45, 7) is 9.50. The highest BCUT2D eigenvalue weighted by atomic mass is 16.5. The van der Waals surface area contributed by atoms with Crippen LogP contribution in [0.1, 0.15) is 33.6 Å². The van der Waals surface area contributed by atoms with Crippen LogP contribution in [0.4, 0.5) is 0 Å². The highest BCUT2D eigenvalue weighted by Gasteiger charge is 2.27. The van der Waals surface area contributed by atoms with E-state index in [4.69, 9.17) is 9.47 Å². The Kier molecular flexibility index (Phi) is 5.03. The number of hydrogen-bond donors (Lipinski definition) is 1. The molecule has 0 aromatic rings. The summed E-state index contributed by atoms with van der Waals surface area (Å²) in [4.78, 5) is 0. The summed E-state index contributed by atoms with van der Waals surface area (Å²) in [5, 5.41) is 3.56. The van der Waals surface area contributed by atoms with E-state index in [-0.39, 0.29) is 6.10 Å². The SMILES string of the molecule is COC(C)C(C)NCC1(C)CCOCC1. The molecule has 0 radical (unpaired) electrons. The predicted octanol–water partition coefficient (Wildman–Crippen LogP) is 1.82. The van der Waals surface area contributed by atoms with Crippen molar-refractivity contribution in [3.05, 3.63) is 0 Å². The van der Waals surface area contributed by atoms with E-state index < -0.39 is 0 Å². The Morgan fingerprint density at radius 2 is 1.93 bits per heavy atom. The second-order valence-electron chi connectivity index (χ2n) is 5.03. The zero-order valence-corrected chi connectivity index (χ0v) is 10.5. The maximum absolute atomic E-state index is 5.39. The van der Waals surface area contributed by atoms with Gasteiger partial charge in [0.15, 0.2) is 0 Å². The van der Waals surface area contributed by atoms with E-state index in [0.29, 0.717) is 11.5 Å². The van der Waals surface area contributed by atoms with E-state index in [1.165, 1.54) is 0 Å². The quantitative estimate of drug-likeness (QED) is 0.759. The lowest BCUT2D eigenvalue weighted by Gasteiger charge is -2.35. The van der Waals surface area contributed by atoms with Gasteiger partial charge in [-0.25, -0.2) is 0 Å². The molecule has 3 nitrogen and oxygen atoms in total. The summed E-state index contributed by atoms with van der Waals surface area (Å²) < 4.78 is 10.7. The molecule has 0 aromatic heterocycles. The van der Waals surface area contributed by atoms with Gasteiger partial charge < -0.3 is 14.8 Å². The van der Waals surface area contributed by atoms with Crippen LogP contribution in [0.3, 0.4) is 0 Å². The number of methoxy groups -OCH3 is 1. The molecule has 2 unspecified atom stereocenters. The summed E-state index contributed by atoms with van der Waals surface area (Å²) in [5.41, 5.74) is 0.403. The monoisotopic (exact) mass is 215 g/mol. The van der Waals surface area contributed by atoms with Gasteiger partial charge in [-0.2, -0.15) is 0 Å². The van der Waals surface area contributed by atoms with Gasteiger partial charge in [0.25, 0.3) is 0 Å². The van der Waals surface area contributed by atoms with Crippen LogP contribution in [0.25, 0.3) is 0 Å². The van der Waals surface area contributed by atoms with E-state index in [9.17, 15) is 0 Å². The van der Waals surface area contributed by atoms with Crippen molar-refractivity contribution in [1.82, 2.24) is 5.32 Å². The summed E-state index contributed by atoms with van der Waals surface area (Å²) in [7, 11) is 1.76. The Morgan fingerprint density at radius 3 is 2.47 bits per heavy atom. The molecule has 1 N–H and O–H groups in total. The van der Waals surface area contributed by atoms with Gasteiger partial charge in [0.1, 0.15) is 0 Å². The van der Waals surface area contributed by atoms with Crippen molar-refractivity contribution in [3.63, 3.8) is 0 Å². The molecule has 90 valence electrons. The fraction of sp³-hybridized carbons (Fsp3) is 1.00. The maximum atomic E-state index is 5.39. The molecule has 0 saturated carbocycles. The Balaban J connectivity index is 2.28. The largest absolute Gasteiger partial charge is 0.381 e. The summed E-state index contributed by atoms with van der Waals surface area (Å²) >= 11 is 0. The first kappa shape index (κ1) is 12.9. The topological polar surface area (TPSA) is 30.5 Å². The van der Waals surface area contributed by atoms with Gasteiger partial charge in [0.2, 0.25) is 0 Å². The second kappa shape index (κ2) is 5.83.